The Hall–Kier alpha value is -1.36. The summed E-state index contributed by atoms with van der Waals surface area (Å²) in [5.41, 5.74) is 1.10. The van der Waals surface area contributed by atoms with Crippen molar-refractivity contribution in [2.24, 2.45) is 0 Å². The third-order valence-electron chi connectivity index (χ3n) is 3.65. The number of nitrogens with one attached hydrogen (secondary N) is 1. The van der Waals surface area contributed by atoms with Gasteiger partial charge in [0.15, 0.2) is 0 Å². The van der Waals surface area contributed by atoms with Crippen molar-refractivity contribution in [3.05, 3.63) is 11.9 Å². The van der Waals surface area contributed by atoms with E-state index in [0.29, 0.717) is 18.3 Å². The van der Waals surface area contributed by atoms with Gasteiger partial charge in [-0.15, -0.1) is 0 Å². The van der Waals surface area contributed by atoms with E-state index in [1.165, 1.54) is 32.0 Å². The molecule has 5 nitrogen and oxygen atoms in total. The van der Waals surface area contributed by atoms with Crippen LogP contribution in [0.5, 0.6) is 11.8 Å². The van der Waals surface area contributed by atoms with Crippen LogP contribution in [0.2, 0.25) is 0 Å². The van der Waals surface area contributed by atoms with Gasteiger partial charge in [-0.1, -0.05) is 12.8 Å². The Morgan fingerprint density at radius 3 is 2.22 bits per heavy atom. The molecule has 100 valence electrons. The summed E-state index contributed by atoms with van der Waals surface area (Å²) in [4.78, 5) is 8.24. The summed E-state index contributed by atoms with van der Waals surface area (Å²) >= 11 is 0. The molecule has 0 aromatic carbocycles. The zero-order valence-corrected chi connectivity index (χ0v) is 11.3. The fourth-order valence-electron chi connectivity index (χ4n) is 2.52. The van der Waals surface area contributed by atoms with Gasteiger partial charge in [0.2, 0.25) is 11.8 Å². The lowest BCUT2D eigenvalue weighted by Gasteiger charge is -2.26. The maximum atomic E-state index is 5.26. The van der Waals surface area contributed by atoms with Gasteiger partial charge in [-0.25, -0.2) is 9.97 Å². The number of rotatable bonds is 5. The first kappa shape index (κ1) is 13.1. The van der Waals surface area contributed by atoms with E-state index < -0.39 is 0 Å². The molecule has 1 saturated carbocycles. The second kappa shape index (κ2) is 5.52. The van der Waals surface area contributed by atoms with Crippen LogP contribution in [0.3, 0.4) is 0 Å². The molecule has 1 aromatic heterocycles. The van der Waals surface area contributed by atoms with Gasteiger partial charge in [0, 0.05) is 12.1 Å². The van der Waals surface area contributed by atoms with Crippen molar-refractivity contribution in [1.82, 2.24) is 15.3 Å². The molecule has 1 aliphatic rings. The predicted octanol–water partition coefficient (Wildman–Crippen LogP) is 1.92. The number of nitrogens with zero attached hydrogens (tertiary/aromatic N) is 2. The minimum absolute atomic E-state index is 0.214. The van der Waals surface area contributed by atoms with Crippen LogP contribution in [0.25, 0.3) is 0 Å². The Bertz CT molecular complexity index is 381. The van der Waals surface area contributed by atoms with E-state index in [1.54, 1.807) is 14.2 Å². The maximum absolute atomic E-state index is 5.26. The molecule has 0 spiro atoms. The maximum Gasteiger partial charge on any atom is 0.224 e. The molecular formula is C13H21N3O2. The van der Waals surface area contributed by atoms with Crippen LogP contribution in [0.15, 0.2) is 6.33 Å². The van der Waals surface area contributed by atoms with Gasteiger partial charge in [0.25, 0.3) is 0 Å². The van der Waals surface area contributed by atoms with Crippen molar-refractivity contribution in [2.75, 3.05) is 14.2 Å². The number of hydrogen-bond acceptors (Lipinski definition) is 5. The molecule has 0 radical (unpaired) electrons. The largest absolute Gasteiger partial charge is 0.481 e. The van der Waals surface area contributed by atoms with Crippen molar-refractivity contribution in [2.45, 2.75) is 44.7 Å². The van der Waals surface area contributed by atoms with Gasteiger partial charge in [-0.3, -0.25) is 0 Å². The molecule has 18 heavy (non-hydrogen) atoms. The first-order valence-corrected chi connectivity index (χ1v) is 6.35. The smallest absolute Gasteiger partial charge is 0.224 e. The van der Waals surface area contributed by atoms with Gasteiger partial charge < -0.3 is 14.8 Å². The molecule has 0 saturated heterocycles. The molecular weight excluding hydrogens is 230 g/mol. The lowest BCUT2D eigenvalue weighted by atomic mass is 10.0. The Labute approximate surface area is 108 Å². The Morgan fingerprint density at radius 2 is 1.72 bits per heavy atom. The van der Waals surface area contributed by atoms with E-state index in [9.17, 15) is 0 Å². The zero-order valence-electron chi connectivity index (χ0n) is 11.3. The number of aromatic nitrogens is 2. The van der Waals surface area contributed by atoms with E-state index >= 15 is 0 Å². The topological polar surface area (TPSA) is 56.3 Å². The summed E-state index contributed by atoms with van der Waals surface area (Å²) in [6.07, 6.45) is 6.47. The molecule has 0 atom stereocenters. The highest BCUT2D eigenvalue weighted by Gasteiger charge is 2.28. The SMILES string of the molecule is COc1ncnc(OC)c1CNC1(C)CCCC1. The zero-order chi connectivity index (χ0) is 13.0. The van der Waals surface area contributed by atoms with E-state index in [2.05, 4.69) is 22.2 Å². The number of hydrogen-bond donors (Lipinski definition) is 1. The van der Waals surface area contributed by atoms with Crippen molar-refractivity contribution in [3.8, 4) is 11.8 Å². The first-order valence-electron chi connectivity index (χ1n) is 6.35. The lowest BCUT2D eigenvalue weighted by Crippen LogP contribution is -2.39. The van der Waals surface area contributed by atoms with Crippen LogP contribution < -0.4 is 14.8 Å². The molecule has 1 aromatic rings. The van der Waals surface area contributed by atoms with Crippen LogP contribution in [-0.2, 0) is 6.54 Å². The second-order valence-corrected chi connectivity index (χ2v) is 4.99. The summed E-state index contributed by atoms with van der Waals surface area (Å²) < 4.78 is 10.5. The van der Waals surface area contributed by atoms with Crippen molar-refractivity contribution in [3.63, 3.8) is 0 Å². The highest BCUT2D eigenvalue weighted by Crippen LogP contribution is 2.31. The second-order valence-electron chi connectivity index (χ2n) is 4.99. The van der Waals surface area contributed by atoms with Crippen molar-refractivity contribution >= 4 is 0 Å². The molecule has 1 heterocycles. The van der Waals surface area contributed by atoms with E-state index in [-0.39, 0.29) is 5.54 Å². The van der Waals surface area contributed by atoms with Gasteiger partial charge in [0.1, 0.15) is 6.33 Å². The summed E-state index contributed by atoms with van der Waals surface area (Å²) in [7, 11) is 3.23. The Balaban J connectivity index is 2.12. The van der Waals surface area contributed by atoms with Gasteiger partial charge >= 0.3 is 0 Å². The van der Waals surface area contributed by atoms with Gasteiger partial charge in [0.05, 0.1) is 19.8 Å². The first-order chi connectivity index (χ1) is 8.68. The standard InChI is InChI=1S/C13H21N3O2/c1-13(6-4-5-7-13)16-8-10-11(17-2)14-9-15-12(10)18-3/h9,16H,4-8H2,1-3H3. The minimum atomic E-state index is 0.214. The van der Waals surface area contributed by atoms with E-state index in [1.807, 2.05) is 0 Å². The van der Waals surface area contributed by atoms with Crippen LogP contribution in [-0.4, -0.2) is 29.7 Å². The fourth-order valence-corrected chi connectivity index (χ4v) is 2.52. The minimum Gasteiger partial charge on any atom is -0.481 e. The quantitative estimate of drug-likeness (QED) is 0.866. The van der Waals surface area contributed by atoms with Gasteiger partial charge in [-0.2, -0.15) is 0 Å². The average molecular weight is 251 g/mol. The summed E-state index contributed by atoms with van der Waals surface area (Å²) in [6, 6.07) is 0. The van der Waals surface area contributed by atoms with E-state index in [0.717, 1.165) is 5.56 Å². The summed E-state index contributed by atoms with van der Waals surface area (Å²) in [5.74, 6) is 1.16. The van der Waals surface area contributed by atoms with Crippen molar-refractivity contribution in [1.29, 1.82) is 0 Å². The number of methoxy groups -OCH3 is 2. The monoisotopic (exact) mass is 251 g/mol. The molecule has 2 rings (SSSR count). The summed E-state index contributed by atoms with van der Waals surface area (Å²) in [5, 5.41) is 3.58. The van der Waals surface area contributed by atoms with Crippen LogP contribution >= 0.6 is 0 Å². The molecule has 1 N–H and O–H groups in total. The molecule has 1 fully saturated rings. The molecule has 5 heteroatoms. The third-order valence-corrected chi connectivity index (χ3v) is 3.65. The van der Waals surface area contributed by atoms with Gasteiger partial charge in [-0.05, 0) is 19.8 Å². The number of ether oxygens (including phenoxy) is 2. The fraction of sp³-hybridized carbons (Fsp3) is 0.692. The van der Waals surface area contributed by atoms with Crippen LogP contribution in [0.4, 0.5) is 0 Å². The van der Waals surface area contributed by atoms with Crippen LogP contribution in [0.1, 0.15) is 38.2 Å². The van der Waals surface area contributed by atoms with Crippen molar-refractivity contribution < 1.29 is 9.47 Å². The molecule has 0 unspecified atom stereocenters. The average Bonchev–Trinajstić information content (AvgIpc) is 2.83. The molecule has 0 bridgehead atoms. The summed E-state index contributed by atoms with van der Waals surface area (Å²) in [6.45, 7) is 2.94. The van der Waals surface area contributed by atoms with Crippen LogP contribution in [0, 0.1) is 0 Å². The lowest BCUT2D eigenvalue weighted by molar-refractivity contribution is 0.333. The molecule has 0 aliphatic heterocycles. The Morgan fingerprint density at radius 1 is 1.17 bits per heavy atom. The third kappa shape index (κ3) is 2.72. The molecule has 0 amide bonds. The normalized spacial score (nSPS) is 17.7. The highest BCUT2D eigenvalue weighted by atomic mass is 16.5. The predicted molar refractivity (Wildman–Crippen MR) is 68.8 cm³/mol. The van der Waals surface area contributed by atoms with E-state index in [4.69, 9.17) is 9.47 Å². The Kier molecular flexibility index (Phi) is 4.01. The molecule has 1 aliphatic carbocycles. The highest BCUT2D eigenvalue weighted by molar-refractivity contribution is 5.34.